The normalized spacial score (nSPS) is 16.3. The van der Waals surface area contributed by atoms with E-state index in [0.29, 0.717) is 6.54 Å². The predicted molar refractivity (Wildman–Crippen MR) is 55.7 cm³/mol. The van der Waals surface area contributed by atoms with E-state index >= 15 is 0 Å². The Bertz CT molecular complexity index is 319. The zero-order valence-corrected chi connectivity index (χ0v) is 8.17. The van der Waals surface area contributed by atoms with Gasteiger partial charge in [0.15, 0.2) is 0 Å². The lowest BCUT2D eigenvalue weighted by Gasteiger charge is -2.20. The second kappa shape index (κ2) is 3.96. The van der Waals surface area contributed by atoms with E-state index in [9.17, 15) is 4.39 Å². The topological polar surface area (TPSA) is 29.3 Å². The molecule has 1 aliphatic rings. The number of nitrogens with zero attached hydrogens (tertiary/aromatic N) is 1. The molecular formula is C11H15FN2. The monoisotopic (exact) mass is 194 g/mol. The van der Waals surface area contributed by atoms with E-state index in [2.05, 4.69) is 4.90 Å². The first kappa shape index (κ1) is 9.46. The molecule has 0 spiro atoms. The van der Waals surface area contributed by atoms with Crippen LogP contribution in [-0.4, -0.2) is 13.1 Å². The maximum absolute atomic E-state index is 12.9. The summed E-state index contributed by atoms with van der Waals surface area (Å²) >= 11 is 0. The third-order valence-electron chi connectivity index (χ3n) is 2.71. The Morgan fingerprint density at radius 2 is 2.00 bits per heavy atom. The van der Waals surface area contributed by atoms with Crippen molar-refractivity contribution in [1.82, 2.24) is 0 Å². The quantitative estimate of drug-likeness (QED) is 0.779. The highest BCUT2D eigenvalue weighted by atomic mass is 19.1. The van der Waals surface area contributed by atoms with Crippen LogP contribution in [0.25, 0.3) is 0 Å². The smallest absolute Gasteiger partial charge is 0.123 e. The Morgan fingerprint density at radius 3 is 2.64 bits per heavy atom. The SMILES string of the molecule is NCc1cc(F)ccc1N1CCCC1. The molecule has 2 rings (SSSR count). The van der Waals surface area contributed by atoms with Crippen LogP contribution in [-0.2, 0) is 6.54 Å². The summed E-state index contributed by atoms with van der Waals surface area (Å²) in [5, 5.41) is 0. The van der Waals surface area contributed by atoms with Gasteiger partial charge in [0.1, 0.15) is 5.82 Å². The summed E-state index contributed by atoms with van der Waals surface area (Å²) in [6.45, 7) is 2.54. The summed E-state index contributed by atoms with van der Waals surface area (Å²) in [6, 6.07) is 4.88. The zero-order valence-electron chi connectivity index (χ0n) is 8.17. The zero-order chi connectivity index (χ0) is 9.97. The third kappa shape index (κ3) is 1.73. The Labute approximate surface area is 83.5 Å². The van der Waals surface area contributed by atoms with Gasteiger partial charge in [0.25, 0.3) is 0 Å². The average molecular weight is 194 g/mol. The first-order valence-electron chi connectivity index (χ1n) is 5.04. The molecule has 0 saturated carbocycles. The summed E-state index contributed by atoms with van der Waals surface area (Å²) in [5.41, 5.74) is 7.61. The lowest BCUT2D eigenvalue weighted by Crippen LogP contribution is -2.20. The molecule has 76 valence electrons. The molecule has 1 aromatic rings. The summed E-state index contributed by atoms with van der Waals surface area (Å²) in [4.78, 5) is 2.28. The molecule has 0 aliphatic carbocycles. The van der Waals surface area contributed by atoms with E-state index in [4.69, 9.17) is 5.73 Å². The molecule has 0 bridgehead atoms. The van der Waals surface area contributed by atoms with Crippen molar-refractivity contribution in [3.05, 3.63) is 29.6 Å². The van der Waals surface area contributed by atoms with Crippen molar-refractivity contribution in [3.8, 4) is 0 Å². The van der Waals surface area contributed by atoms with Gasteiger partial charge in [-0.15, -0.1) is 0 Å². The van der Waals surface area contributed by atoms with E-state index in [1.807, 2.05) is 6.07 Å². The highest BCUT2D eigenvalue weighted by Gasteiger charge is 2.15. The molecule has 0 aromatic heterocycles. The van der Waals surface area contributed by atoms with Gasteiger partial charge in [-0.25, -0.2) is 4.39 Å². The van der Waals surface area contributed by atoms with Gasteiger partial charge in [-0.1, -0.05) is 0 Å². The number of rotatable bonds is 2. The van der Waals surface area contributed by atoms with Crippen LogP contribution < -0.4 is 10.6 Å². The second-order valence-corrected chi connectivity index (χ2v) is 3.67. The fraction of sp³-hybridized carbons (Fsp3) is 0.455. The largest absolute Gasteiger partial charge is 0.371 e. The fourth-order valence-corrected chi connectivity index (χ4v) is 1.98. The van der Waals surface area contributed by atoms with Crippen molar-refractivity contribution in [2.24, 2.45) is 5.73 Å². The number of benzene rings is 1. The summed E-state index contributed by atoms with van der Waals surface area (Å²) in [7, 11) is 0. The summed E-state index contributed by atoms with van der Waals surface area (Å²) < 4.78 is 12.9. The lowest BCUT2D eigenvalue weighted by atomic mass is 10.1. The lowest BCUT2D eigenvalue weighted by molar-refractivity contribution is 0.625. The maximum atomic E-state index is 12.9. The molecule has 1 heterocycles. The Kier molecular flexibility index (Phi) is 2.68. The van der Waals surface area contributed by atoms with Crippen LogP contribution in [0, 0.1) is 5.82 Å². The van der Waals surface area contributed by atoms with Gasteiger partial charge >= 0.3 is 0 Å². The van der Waals surface area contributed by atoms with E-state index < -0.39 is 0 Å². The molecular weight excluding hydrogens is 179 g/mol. The molecule has 2 nitrogen and oxygen atoms in total. The molecule has 14 heavy (non-hydrogen) atoms. The van der Waals surface area contributed by atoms with E-state index in [1.54, 1.807) is 0 Å². The average Bonchev–Trinajstić information content (AvgIpc) is 2.70. The van der Waals surface area contributed by atoms with Gasteiger partial charge in [0.2, 0.25) is 0 Å². The molecule has 0 atom stereocenters. The van der Waals surface area contributed by atoms with Crippen LogP contribution in [0.2, 0.25) is 0 Å². The molecule has 1 aliphatic heterocycles. The van der Waals surface area contributed by atoms with Crippen LogP contribution >= 0.6 is 0 Å². The highest BCUT2D eigenvalue weighted by Crippen LogP contribution is 2.24. The van der Waals surface area contributed by atoms with Gasteiger partial charge in [-0.05, 0) is 36.6 Å². The van der Waals surface area contributed by atoms with Crippen LogP contribution in [0.3, 0.4) is 0 Å². The van der Waals surface area contributed by atoms with Crippen molar-refractivity contribution < 1.29 is 4.39 Å². The van der Waals surface area contributed by atoms with Crippen molar-refractivity contribution in [2.45, 2.75) is 19.4 Å². The minimum atomic E-state index is -0.201. The van der Waals surface area contributed by atoms with Gasteiger partial charge < -0.3 is 10.6 Å². The predicted octanol–water partition coefficient (Wildman–Crippen LogP) is 1.88. The fourth-order valence-electron chi connectivity index (χ4n) is 1.98. The Morgan fingerprint density at radius 1 is 1.29 bits per heavy atom. The van der Waals surface area contributed by atoms with Crippen molar-refractivity contribution in [2.75, 3.05) is 18.0 Å². The van der Waals surface area contributed by atoms with Crippen LogP contribution in [0.1, 0.15) is 18.4 Å². The van der Waals surface area contributed by atoms with E-state index in [-0.39, 0.29) is 5.82 Å². The minimum Gasteiger partial charge on any atom is -0.371 e. The van der Waals surface area contributed by atoms with Gasteiger partial charge in [-0.2, -0.15) is 0 Å². The number of hydrogen-bond donors (Lipinski definition) is 1. The highest BCUT2D eigenvalue weighted by molar-refractivity contribution is 5.54. The maximum Gasteiger partial charge on any atom is 0.123 e. The first-order valence-corrected chi connectivity index (χ1v) is 5.04. The van der Waals surface area contributed by atoms with Gasteiger partial charge in [-0.3, -0.25) is 0 Å². The van der Waals surface area contributed by atoms with Gasteiger partial charge in [0.05, 0.1) is 0 Å². The Balaban J connectivity index is 2.31. The molecule has 1 fully saturated rings. The molecule has 0 radical (unpaired) electrons. The van der Waals surface area contributed by atoms with E-state index in [0.717, 1.165) is 24.3 Å². The summed E-state index contributed by atoms with van der Waals surface area (Å²) in [5.74, 6) is -0.201. The number of nitrogens with two attached hydrogens (primary N) is 1. The number of hydrogen-bond acceptors (Lipinski definition) is 2. The van der Waals surface area contributed by atoms with Gasteiger partial charge in [0, 0.05) is 25.3 Å². The van der Waals surface area contributed by atoms with Crippen molar-refractivity contribution >= 4 is 5.69 Å². The molecule has 0 unspecified atom stereocenters. The first-order chi connectivity index (χ1) is 6.81. The molecule has 1 saturated heterocycles. The number of halogens is 1. The molecule has 3 heteroatoms. The van der Waals surface area contributed by atoms with Crippen molar-refractivity contribution in [1.29, 1.82) is 0 Å². The van der Waals surface area contributed by atoms with Crippen LogP contribution in [0.4, 0.5) is 10.1 Å². The van der Waals surface area contributed by atoms with Crippen molar-refractivity contribution in [3.63, 3.8) is 0 Å². The van der Waals surface area contributed by atoms with Crippen LogP contribution in [0.5, 0.6) is 0 Å². The number of anilines is 1. The molecule has 2 N–H and O–H groups in total. The summed E-state index contributed by atoms with van der Waals surface area (Å²) in [6.07, 6.45) is 2.45. The van der Waals surface area contributed by atoms with E-state index in [1.165, 1.54) is 25.0 Å². The standard InChI is InChI=1S/C11H15FN2/c12-10-3-4-11(9(7-10)8-13)14-5-1-2-6-14/h3-4,7H,1-2,5-6,8,13H2. The Hall–Kier alpha value is -1.09. The molecule has 1 aromatic carbocycles. The molecule has 0 amide bonds. The third-order valence-corrected chi connectivity index (χ3v) is 2.71. The second-order valence-electron chi connectivity index (χ2n) is 3.67. The minimum absolute atomic E-state index is 0.201. The van der Waals surface area contributed by atoms with Crippen LogP contribution in [0.15, 0.2) is 18.2 Å².